The lowest BCUT2D eigenvalue weighted by Gasteiger charge is -2.38. The Morgan fingerprint density at radius 1 is 1.50 bits per heavy atom. The fraction of sp³-hybridized carbons (Fsp3) is 0.636. The molecule has 1 N–H and O–H groups in total. The van der Waals surface area contributed by atoms with Crippen molar-refractivity contribution >= 4 is 5.82 Å². The smallest absolute Gasteiger partial charge is 0.233 e. The van der Waals surface area contributed by atoms with Crippen LogP contribution in [0.3, 0.4) is 0 Å². The van der Waals surface area contributed by atoms with Gasteiger partial charge in [0.2, 0.25) is 5.88 Å². The van der Waals surface area contributed by atoms with Gasteiger partial charge in [0.15, 0.2) is 5.82 Å². The highest BCUT2D eigenvalue weighted by Gasteiger charge is 2.25. The molecule has 88 valence electrons. The number of hydrogen-bond acceptors (Lipinski definition) is 5. The molecule has 0 amide bonds. The molecule has 0 spiro atoms. The predicted molar refractivity (Wildman–Crippen MR) is 62.9 cm³/mol. The second-order valence-electron chi connectivity index (χ2n) is 3.93. The van der Waals surface area contributed by atoms with Crippen LogP contribution in [0.1, 0.15) is 13.3 Å². The molecule has 1 aliphatic heterocycles. The topological polar surface area (TPSA) is 50.3 Å². The summed E-state index contributed by atoms with van der Waals surface area (Å²) < 4.78 is 5.10. The van der Waals surface area contributed by atoms with Gasteiger partial charge in [-0.1, -0.05) is 6.92 Å². The minimum atomic E-state index is 0.543. The van der Waals surface area contributed by atoms with Crippen LogP contribution in [0.15, 0.2) is 12.4 Å². The zero-order valence-corrected chi connectivity index (χ0v) is 9.81. The Morgan fingerprint density at radius 3 is 2.88 bits per heavy atom. The predicted octanol–water partition coefficient (Wildman–Crippen LogP) is 0.673. The van der Waals surface area contributed by atoms with Crippen molar-refractivity contribution in [3.63, 3.8) is 0 Å². The van der Waals surface area contributed by atoms with Crippen LogP contribution in [-0.2, 0) is 0 Å². The van der Waals surface area contributed by atoms with Gasteiger partial charge in [0, 0.05) is 19.6 Å². The van der Waals surface area contributed by atoms with Crippen molar-refractivity contribution in [1.82, 2.24) is 15.3 Å². The lowest BCUT2D eigenvalue weighted by molar-refractivity contribution is 0.388. The first-order valence-electron chi connectivity index (χ1n) is 5.68. The second-order valence-corrected chi connectivity index (χ2v) is 3.93. The molecule has 1 saturated heterocycles. The SMILES string of the molecule is CCCN(c1cncc(OC)n1)C1CNC1. The number of hydrogen-bond donors (Lipinski definition) is 1. The van der Waals surface area contributed by atoms with E-state index in [1.807, 2.05) is 0 Å². The Labute approximate surface area is 95.8 Å². The van der Waals surface area contributed by atoms with Crippen LogP contribution in [0, 0.1) is 0 Å². The molecule has 0 saturated carbocycles. The highest BCUT2D eigenvalue weighted by molar-refractivity contribution is 5.40. The van der Waals surface area contributed by atoms with Gasteiger partial charge in [-0.3, -0.25) is 4.98 Å². The molecule has 0 radical (unpaired) electrons. The van der Waals surface area contributed by atoms with Crippen LogP contribution in [0.25, 0.3) is 0 Å². The first kappa shape index (κ1) is 11.1. The van der Waals surface area contributed by atoms with Crippen molar-refractivity contribution in [2.45, 2.75) is 19.4 Å². The molecular weight excluding hydrogens is 204 g/mol. The van der Waals surface area contributed by atoms with E-state index in [0.717, 1.165) is 31.9 Å². The molecule has 0 bridgehead atoms. The molecule has 1 aliphatic rings. The summed E-state index contributed by atoms with van der Waals surface area (Å²) in [6.07, 6.45) is 4.54. The van der Waals surface area contributed by atoms with Crippen LogP contribution in [0.5, 0.6) is 5.88 Å². The highest BCUT2D eigenvalue weighted by atomic mass is 16.5. The third kappa shape index (κ3) is 2.24. The maximum atomic E-state index is 5.10. The summed E-state index contributed by atoms with van der Waals surface area (Å²) >= 11 is 0. The van der Waals surface area contributed by atoms with Gasteiger partial charge >= 0.3 is 0 Å². The van der Waals surface area contributed by atoms with Gasteiger partial charge in [0.1, 0.15) is 0 Å². The maximum absolute atomic E-state index is 5.10. The van der Waals surface area contributed by atoms with E-state index in [1.165, 1.54) is 0 Å². The summed E-state index contributed by atoms with van der Waals surface area (Å²) in [4.78, 5) is 10.9. The van der Waals surface area contributed by atoms with Crippen molar-refractivity contribution in [2.75, 3.05) is 31.6 Å². The van der Waals surface area contributed by atoms with Crippen molar-refractivity contribution < 1.29 is 4.74 Å². The molecule has 0 unspecified atom stereocenters. The molecule has 1 aromatic rings. The van der Waals surface area contributed by atoms with Gasteiger partial charge < -0.3 is 15.0 Å². The summed E-state index contributed by atoms with van der Waals surface area (Å²) in [6, 6.07) is 0.543. The maximum Gasteiger partial charge on any atom is 0.233 e. The average molecular weight is 222 g/mol. The number of nitrogens with one attached hydrogen (secondary N) is 1. The third-order valence-corrected chi connectivity index (χ3v) is 2.77. The van der Waals surface area contributed by atoms with Gasteiger partial charge in [0.25, 0.3) is 0 Å². The number of ether oxygens (including phenoxy) is 1. The molecule has 0 atom stereocenters. The average Bonchev–Trinajstić information content (AvgIpc) is 2.26. The monoisotopic (exact) mass is 222 g/mol. The molecule has 2 rings (SSSR count). The molecule has 1 fully saturated rings. The van der Waals surface area contributed by atoms with E-state index in [-0.39, 0.29) is 0 Å². The van der Waals surface area contributed by atoms with E-state index in [0.29, 0.717) is 11.9 Å². The van der Waals surface area contributed by atoms with E-state index >= 15 is 0 Å². The zero-order chi connectivity index (χ0) is 11.4. The largest absolute Gasteiger partial charge is 0.480 e. The summed E-state index contributed by atoms with van der Waals surface area (Å²) in [5, 5.41) is 3.28. The lowest BCUT2D eigenvalue weighted by Crippen LogP contribution is -2.57. The quantitative estimate of drug-likeness (QED) is 0.793. The van der Waals surface area contributed by atoms with Crippen LogP contribution < -0.4 is 15.0 Å². The molecular formula is C11H18N4O. The van der Waals surface area contributed by atoms with Crippen LogP contribution in [0.2, 0.25) is 0 Å². The van der Waals surface area contributed by atoms with Gasteiger partial charge in [-0.2, -0.15) is 4.98 Å². The molecule has 5 heteroatoms. The van der Waals surface area contributed by atoms with Gasteiger partial charge in [-0.15, -0.1) is 0 Å². The minimum Gasteiger partial charge on any atom is -0.480 e. The van der Waals surface area contributed by atoms with E-state index in [9.17, 15) is 0 Å². The number of rotatable bonds is 5. The van der Waals surface area contributed by atoms with Crippen molar-refractivity contribution in [3.05, 3.63) is 12.4 Å². The zero-order valence-electron chi connectivity index (χ0n) is 9.81. The Balaban J connectivity index is 2.16. The highest BCUT2D eigenvalue weighted by Crippen LogP contribution is 2.18. The van der Waals surface area contributed by atoms with Crippen molar-refractivity contribution in [1.29, 1.82) is 0 Å². The summed E-state index contributed by atoms with van der Waals surface area (Å²) in [6.45, 7) is 5.23. The molecule has 16 heavy (non-hydrogen) atoms. The summed E-state index contributed by atoms with van der Waals surface area (Å²) in [7, 11) is 1.61. The molecule has 1 aromatic heterocycles. The van der Waals surface area contributed by atoms with Gasteiger partial charge in [0.05, 0.1) is 25.5 Å². The van der Waals surface area contributed by atoms with Crippen LogP contribution >= 0.6 is 0 Å². The van der Waals surface area contributed by atoms with Gasteiger partial charge in [-0.05, 0) is 6.42 Å². The van der Waals surface area contributed by atoms with E-state index in [1.54, 1.807) is 19.5 Å². The molecule has 0 aliphatic carbocycles. The Morgan fingerprint density at radius 2 is 2.31 bits per heavy atom. The number of methoxy groups -OCH3 is 1. The summed E-state index contributed by atoms with van der Waals surface area (Å²) in [5.41, 5.74) is 0. The standard InChI is InChI=1S/C11H18N4O/c1-3-4-15(9-5-12-6-9)10-7-13-8-11(14-10)16-2/h7-9,12H,3-6H2,1-2H3. The fourth-order valence-electron chi connectivity index (χ4n) is 1.79. The molecule has 2 heterocycles. The van der Waals surface area contributed by atoms with Crippen LogP contribution in [0.4, 0.5) is 5.82 Å². The van der Waals surface area contributed by atoms with Crippen LogP contribution in [-0.4, -0.2) is 42.8 Å². The summed E-state index contributed by atoms with van der Waals surface area (Å²) in [5.74, 6) is 1.48. The molecule has 5 nitrogen and oxygen atoms in total. The van der Waals surface area contributed by atoms with Gasteiger partial charge in [-0.25, -0.2) is 0 Å². The fourth-order valence-corrected chi connectivity index (χ4v) is 1.79. The number of aromatic nitrogens is 2. The van der Waals surface area contributed by atoms with Crippen molar-refractivity contribution in [3.8, 4) is 5.88 Å². The second kappa shape index (κ2) is 5.12. The van der Waals surface area contributed by atoms with Crippen molar-refractivity contribution in [2.24, 2.45) is 0 Å². The Kier molecular flexibility index (Phi) is 3.56. The Hall–Kier alpha value is -1.36. The van der Waals surface area contributed by atoms with E-state index in [2.05, 4.69) is 27.1 Å². The minimum absolute atomic E-state index is 0.543. The third-order valence-electron chi connectivity index (χ3n) is 2.77. The first-order chi connectivity index (χ1) is 7.85. The lowest BCUT2D eigenvalue weighted by atomic mass is 10.1. The normalized spacial score (nSPS) is 15.6. The Bertz CT molecular complexity index is 341. The number of anilines is 1. The van der Waals surface area contributed by atoms with E-state index in [4.69, 9.17) is 4.74 Å². The van der Waals surface area contributed by atoms with E-state index < -0.39 is 0 Å². The first-order valence-corrected chi connectivity index (χ1v) is 5.68. The number of nitrogens with zero attached hydrogens (tertiary/aromatic N) is 3. The molecule has 0 aromatic carbocycles.